The molecule has 0 saturated heterocycles. The molecule has 0 aromatic heterocycles. The van der Waals surface area contributed by atoms with E-state index in [0.29, 0.717) is 34.1 Å². The lowest BCUT2D eigenvalue weighted by atomic mass is 10.2. The molecule has 0 aliphatic carbocycles. The van der Waals surface area contributed by atoms with Crippen LogP contribution in [0.1, 0.15) is 30.1 Å². The standard InChI is InChI=1S/C20H23ClN4O3/c1-3-5-18(26)24-15-8-9-16(21)17(11-15)23-12-19(27)25-14-7-4-6-13(10-14)20(28)22-2/h4,6-11,23H,3,5,12H2,1-2H3,(H,22,28)(H,24,26)(H,25,27). The molecule has 0 unspecified atom stereocenters. The van der Waals surface area contributed by atoms with Crippen molar-refractivity contribution < 1.29 is 14.4 Å². The number of hydrogen-bond acceptors (Lipinski definition) is 4. The third-order valence-corrected chi connectivity index (χ3v) is 4.13. The zero-order valence-corrected chi connectivity index (χ0v) is 16.5. The molecule has 0 aliphatic heterocycles. The molecule has 4 N–H and O–H groups in total. The van der Waals surface area contributed by atoms with E-state index in [1.54, 1.807) is 49.5 Å². The lowest BCUT2D eigenvalue weighted by Crippen LogP contribution is -2.22. The van der Waals surface area contributed by atoms with Gasteiger partial charge in [-0.05, 0) is 42.8 Å². The Labute approximate surface area is 168 Å². The summed E-state index contributed by atoms with van der Waals surface area (Å²) in [7, 11) is 1.54. The highest BCUT2D eigenvalue weighted by molar-refractivity contribution is 6.33. The van der Waals surface area contributed by atoms with Gasteiger partial charge in [-0.2, -0.15) is 0 Å². The Kier molecular flexibility index (Phi) is 7.83. The second-order valence-corrected chi connectivity index (χ2v) is 6.46. The largest absolute Gasteiger partial charge is 0.375 e. The van der Waals surface area contributed by atoms with Crippen LogP contribution in [0.2, 0.25) is 5.02 Å². The average molecular weight is 403 g/mol. The summed E-state index contributed by atoms with van der Waals surface area (Å²) in [4.78, 5) is 35.6. The van der Waals surface area contributed by atoms with E-state index in [1.807, 2.05) is 6.92 Å². The van der Waals surface area contributed by atoms with Gasteiger partial charge in [0.25, 0.3) is 5.91 Å². The minimum absolute atomic E-state index is 0.0315. The van der Waals surface area contributed by atoms with E-state index < -0.39 is 0 Å². The summed E-state index contributed by atoms with van der Waals surface area (Å²) in [6.45, 7) is 1.90. The zero-order chi connectivity index (χ0) is 20.5. The second-order valence-electron chi connectivity index (χ2n) is 6.05. The Morgan fingerprint density at radius 3 is 2.39 bits per heavy atom. The summed E-state index contributed by atoms with van der Waals surface area (Å²) in [6, 6.07) is 11.7. The Balaban J connectivity index is 1.97. The first-order valence-electron chi connectivity index (χ1n) is 8.88. The summed E-state index contributed by atoms with van der Waals surface area (Å²) in [5, 5.41) is 11.4. The number of carbonyl (C=O) groups excluding carboxylic acids is 3. The van der Waals surface area contributed by atoms with Gasteiger partial charge < -0.3 is 21.3 Å². The molecular formula is C20H23ClN4O3. The minimum atomic E-state index is -0.300. The molecule has 0 saturated carbocycles. The Morgan fingerprint density at radius 2 is 1.68 bits per heavy atom. The van der Waals surface area contributed by atoms with Crippen LogP contribution in [-0.2, 0) is 9.59 Å². The van der Waals surface area contributed by atoms with Crippen molar-refractivity contribution in [1.82, 2.24) is 5.32 Å². The van der Waals surface area contributed by atoms with Gasteiger partial charge in [0.15, 0.2) is 0 Å². The first-order chi connectivity index (χ1) is 13.4. The third-order valence-electron chi connectivity index (χ3n) is 3.80. The minimum Gasteiger partial charge on any atom is -0.375 e. The molecule has 0 atom stereocenters. The monoisotopic (exact) mass is 402 g/mol. The second kappa shape index (κ2) is 10.3. The summed E-state index contributed by atoms with van der Waals surface area (Å²) < 4.78 is 0. The number of hydrogen-bond donors (Lipinski definition) is 4. The van der Waals surface area contributed by atoms with Crippen LogP contribution in [0.15, 0.2) is 42.5 Å². The molecule has 0 bridgehead atoms. The van der Waals surface area contributed by atoms with Gasteiger partial charge in [0.2, 0.25) is 11.8 Å². The van der Waals surface area contributed by atoms with E-state index in [2.05, 4.69) is 21.3 Å². The highest BCUT2D eigenvalue weighted by Crippen LogP contribution is 2.25. The van der Waals surface area contributed by atoms with Crippen LogP contribution in [0.5, 0.6) is 0 Å². The van der Waals surface area contributed by atoms with E-state index in [0.717, 1.165) is 6.42 Å². The maximum atomic E-state index is 12.2. The van der Waals surface area contributed by atoms with E-state index in [1.165, 1.54) is 0 Å². The van der Waals surface area contributed by atoms with Gasteiger partial charge in [-0.15, -0.1) is 0 Å². The fourth-order valence-corrected chi connectivity index (χ4v) is 2.64. The molecule has 28 heavy (non-hydrogen) atoms. The fourth-order valence-electron chi connectivity index (χ4n) is 2.45. The maximum absolute atomic E-state index is 12.2. The van der Waals surface area contributed by atoms with Crippen LogP contribution in [0.25, 0.3) is 0 Å². The van der Waals surface area contributed by atoms with Gasteiger partial charge in [0, 0.05) is 30.4 Å². The van der Waals surface area contributed by atoms with E-state index >= 15 is 0 Å². The summed E-state index contributed by atoms with van der Waals surface area (Å²) in [6.07, 6.45) is 1.19. The van der Waals surface area contributed by atoms with Gasteiger partial charge in [0.05, 0.1) is 17.3 Å². The number of anilines is 3. The van der Waals surface area contributed by atoms with Crippen molar-refractivity contribution in [3.05, 3.63) is 53.1 Å². The number of rotatable bonds is 8. The van der Waals surface area contributed by atoms with Gasteiger partial charge in [-0.3, -0.25) is 14.4 Å². The van der Waals surface area contributed by atoms with Crippen LogP contribution >= 0.6 is 11.6 Å². The smallest absolute Gasteiger partial charge is 0.251 e. The summed E-state index contributed by atoms with van der Waals surface area (Å²) >= 11 is 6.16. The predicted molar refractivity (Wildman–Crippen MR) is 112 cm³/mol. The van der Waals surface area contributed by atoms with Crippen LogP contribution in [0.4, 0.5) is 17.1 Å². The molecule has 0 heterocycles. The molecule has 148 valence electrons. The highest BCUT2D eigenvalue weighted by Gasteiger charge is 2.09. The lowest BCUT2D eigenvalue weighted by molar-refractivity contribution is -0.116. The van der Waals surface area contributed by atoms with Crippen LogP contribution < -0.4 is 21.3 Å². The molecular weight excluding hydrogens is 380 g/mol. The number of nitrogens with one attached hydrogen (secondary N) is 4. The Bertz CT molecular complexity index is 870. The molecule has 0 fully saturated rings. The number of carbonyl (C=O) groups is 3. The van der Waals surface area contributed by atoms with E-state index in [9.17, 15) is 14.4 Å². The first-order valence-corrected chi connectivity index (χ1v) is 9.26. The van der Waals surface area contributed by atoms with E-state index in [4.69, 9.17) is 11.6 Å². The molecule has 0 aliphatic rings. The Hall–Kier alpha value is -3.06. The topological polar surface area (TPSA) is 99.3 Å². The van der Waals surface area contributed by atoms with Gasteiger partial charge in [-0.1, -0.05) is 24.6 Å². The predicted octanol–water partition coefficient (Wildman–Crippen LogP) is 3.49. The fraction of sp³-hybridized carbons (Fsp3) is 0.250. The number of amides is 3. The molecule has 2 aromatic carbocycles. The van der Waals surface area contributed by atoms with Crippen molar-refractivity contribution in [1.29, 1.82) is 0 Å². The quantitative estimate of drug-likeness (QED) is 0.543. The molecule has 7 nitrogen and oxygen atoms in total. The first kappa shape index (κ1) is 21.2. The molecule has 3 amide bonds. The van der Waals surface area contributed by atoms with E-state index in [-0.39, 0.29) is 24.3 Å². The summed E-state index contributed by atoms with van der Waals surface area (Å²) in [5.74, 6) is -0.613. The van der Waals surface area contributed by atoms with Crippen molar-refractivity contribution in [2.75, 3.05) is 29.5 Å². The third kappa shape index (κ3) is 6.28. The van der Waals surface area contributed by atoms with Crippen molar-refractivity contribution in [2.45, 2.75) is 19.8 Å². The summed E-state index contributed by atoms with van der Waals surface area (Å²) in [5.41, 5.74) is 2.10. The van der Waals surface area contributed by atoms with Crippen LogP contribution in [0, 0.1) is 0 Å². The highest BCUT2D eigenvalue weighted by atomic mass is 35.5. The molecule has 8 heteroatoms. The van der Waals surface area contributed by atoms with Crippen molar-refractivity contribution in [3.63, 3.8) is 0 Å². The zero-order valence-electron chi connectivity index (χ0n) is 15.8. The Morgan fingerprint density at radius 1 is 0.964 bits per heavy atom. The van der Waals surface area contributed by atoms with Gasteiger partial charge >= 0.3 is 0 Å². The maximum Gasteiger partial charge on any atom is 0.251 e. The van der Waals surface area contributed by atoms with Crippen molar-refractivity contribution in [2.24, 2.45) is 0 Å². The SMILES string of the molecule is CCCC(=O)Nc1ccc(Cl)c(NCC(=O)Nc2cccc(C(=O)NC)c2)c1. The number of halogens is 1. The van der Waals surface area contributed by atoms with Gasteiger partial charge in [-0.25, -0.2) is 0 Å². The lowest BCUT2D eigenvalue weighted by Gasteiger charge is -2.12. The van der Waals surface area contributed by atoms with Gasteiger partial charge in [0.1, 0.15) is 0 Å². The van der Waals surface area contributed by atoms with Crippen molar-refractivity contribution in [3.8, 4) is 0 Å². The molecule has 2 aromatic rings. The molecule has 0 spiro atoms. The van der Waals surface area contributed by atoms with Crippen molar-refractivity contribution >= 4 is 46.4 Å². The van der Waals surface area contributed by atoms with Crippen LogP contribution in [-0.4, -0.2) is 31.3 Å². The van der Waals surface area contributed by atoms with Crippen LogP contribution in [0.3, 0.4) is 0 Å². The average Bonchev–Trinajstić information content (AvgIpc) is 2.68. The normalized spacial score (nSPS) is 10.1. The molecule has 2 rings (SSSR count). The number of benzene rings is 2. The molecule has 0 radical (unpaired) electrons.